The van der Waals surface area contributed by atoms with Crippen molar-refractivity contribution in [2.24, 2.45) is 0 Å². The molecule has 0 heterocycles. The van der Waals surface area contributed by atoms with Gasteiger partial charge in [-0.1, -0.05) is 0 Å². The molecule has 2 N–H and O–H groups in total. The van der Waals surface area contributed by atoms with Gasteiger partial charge in [0.1, 0.15) is 0 Å². The van der Waals surface area contributed by atoms with Crippen LogP contribution in [-0.2, 0) is 0 Å². The van der Waals surface area contributed by atoms with Gasteiger partial charge < -0.3 is 10.3 Å². The molecule has 0 bridgehead atoms. The van der Waals surface area contributed by atoms with E-state index in [0.717, 1.165) is 5.90 Å². The van der Waals surface area contributed by atoms with E-state index in [1.165, 1.54) is 0 Å². The molecule has 2 nitrogen and oxygen atoms in total. The van der Waals surface area contributed by atoms with Crippen molar-refractivity contribution in [3.8, 4) is 0 Å². The fourth-order valence-electron chi connectivity index (χ4n) is 0.884. The van der Waals surface area contributed by atoms with Crippen LogP contribution >= 0.6 is 14.1 Å². The predicted molar refractivity (Wildman–Crippen MR) is 47.8 cm³/mol. The summed E-state index contributed by atoms with van der Waals surface area (Å²) in [6.45, 7) is 7.90. The molecular formula is C5H16N2P2. The van der Waals surface area contributed by atoms with Crippen LogP contribution in [0.3, 0.4) is 0 Å². The van der Waals surface area contributed by atoms with Gasteiger partial charge in [-0.25, -0.2) is 0 Å². The highest BCUT2D eigenvalue weighted by Crippen LogP contribution is 2.53. The topological polar surface area (TPSA) is 47.7 Å². The Balaban J connectivity index is 4.07. The third-order valence-corrected chi connectivity index (χ3v) is 6.36. The average Bonchev–Trinajstić information content (AvgIpc) is 1.14. The average molecular weight is 166 g/mol. The molecule has 0 unspecified atom stereocenters. The van der Waals surface area contributed by atoms with Crippen LogP contribution in [0.2, 0.25) is 0 Å². The van der Waals surface area contributed by atoms with E-state index < -0.39 is 14.1 Å². The number of rotatable bonds is 2. The molecule has 0 saturated carbocycles. The van der Waals surface area contributed by atoms with E-state index in [0.29, 0.717) is 0 Å². The highest BCUT2D eigenvalue weighted by atomic mass is 31.2. The third kappa shape index (κ3) is 8.46. The highest BCUT2D eigenvalue weighted by molar-refractivity contribution is 7.80. The molecule has 0 rings (SSSR count). The van der Waals surface area contributed by atoms with Gasteiger partial charge in [-0.2, -0.15) is 0 Å². The molecule has 0 atom stereocenters. The zero-order valence-electron chi connectivity index (χ0n) is 6.60. The Kier molecular flexibility index (Phi) is 2.73. The van der Waals surface area contributed by atoms with Crippen molar-refractivity contribution in [1.82, 2.24) is 0 Å². The smallest absolute Gasteiger partial charge is 0.0164 e. The summed E-state index contributed by atoms with van der Waals surface area (Å²) in [6, 6.07) is 0. The van der Waals surface area contributed by atoms with Crippen LogP contribution in [0.25, 0.3) is 0 Å². The van der Waals surface area contributed by atoms with E-state index in [1.54, 1.807) is 0 Å². The lowest BCUT2D eigenvalue weighted by Gasteiger charge is -2.16. The number of hydrogen-bond acceptors (Lipinski definition) is 2. The molecule has 0 aliphatic rings. The fraction of sp³-hybridized carbons (Fsp3) is 1.00. The van der Waals surface area contributed by atoms with Gasteiger partial charge in [0, 0.05) is 5.90 Å². The standard InChI is InChI=1S/C5H16N2P2/c1-8(2,6)5-9(3,4)7/h6-7H,5H2,1-4H3. The first-order chi connectivity index (χ1) is 3.71. The Bertz CT molecular complexity index is 153. The minimum Gasteiger partial charge on any atom is -0.319 e. The maximum Gasteiger partial charge on any atom is 0.0164 e. The first kappa shape index (κ1) is 9.46. The summed E-state index contributed by atoms with van der Waals surface area (Å²) < 4.78 is 0. The second-order valence-corrected chi connectivity index (χ2v) is 11.4. The second-order valence-electron chi connectivity index (χ2n) is 3.51. The summed E-state index contributed by atoms with van der Waals surface area (Å²) in [5, 5.41) is 15.2. The molecule has 0 amide bonds. The molecule has 0 radical (unpaired) electrons. The van der Waals surface area contributed by atoms with E-state index in [4.69, 9.17) is 10.3 Å². The molecule has 0 aromatic heterocycles. The van der Waals surface area contributed by atoms with Crippen molar-refractivity contribution in [2.75, 3.05) is 32.6 Å². The van der Waals surface area contributed by atoms with Gasteiger partial charge in [0.2, 0.25) is 0 Å². The van der Waals surface area contributed by atoms with Crippen molar-refractivity contribution in [2.45, 2.75) is 0 Å². The number of nitrogens with one attached hydrogen (secondary N) is 2. The summed E-state index contributed by atoms with van der Waals surface area (Å²) in [5.41, 5.74) is 0. The van der Waals surface area contributed by atoms with Crippen LogP contribution in [0.4, 0.5) is 0 Å². The van der Waals surface area contributed by atoms with Crippen LogP contribution in [0.15, 0.2) is 0 Å². The molecule has 0 aromatic carbocycles. The third-order valence-electron chi connectivity index (χ3n) is 0.707. The van der Waals surface area contributed by atoms with E-state index >= 15 is 0 Å². The molecule has 56 valence electrons. The van der Waals surface area contributed by atoms with Gasteiger partial charge in [-0.05, 0) is 40.8 Å². The Labute approximate surface area is 57.8 Å². The minimum absolute atomic E-state index is 0.847. The van der Waals surface area contributed by atoms with Gasteiger partial charge in [0.05, 0.1) is 0 Å². The summed E-state index contributed by atoms with van der Waals surface area (Å²) in [6.07, 6.45) is 0. The quantitative estimate of drug-likeness (QED) is 0.592. The summed E-state index contributed by atoms with van der Waals surface area (Å²) in [4.78, 5) is 0. The van der Waals surface area contributed by atoms with Crippen molar-refractivity contribution in [3.05, 3.63) is 0 Å². The van der Waals surface area contributed by atoms with Crippen molar-refractivity contribution < 1.29 is 0 Å². The Hall–Kier alpha value is 0.460. The Morgan fingerprint density at radius 1 is 0.889 bits per heavy atom. The Morgan fingerprint density at radius 3 is 1.11 bits per heavy atom. The van der Waals surface area contributed by atoms with Crippen molar-refractivity contribution >= 4 is 14.1 Å². The van der Waals surface area contributed by atoms with Crippen molar-refractivity contribution in [3.63, 3.8) is 0 Å². The highest BCUT2D eigenvalue weighted by Gasteiger charge is 2.09. The van der Waals surface area contributed by atoms with Gasteiger partial charge in [0.15, 0.2) is 0 Å². The van der Waals surface area contributed by atoms with Gasteiger partial charge in [0.25, 0.3) is 0 Å². The van der Waals surface area contributed by atoms with Crippen LogP contribution in [0.5, 0.6) is 0 Å². The molecule has 0 fully saturated rings. The van der Waals surface area contributed by atoms with Gasteiger partial charge >= 0.3 is 0 Å². The summed E-state index contributed by atoms with van der Waals surface area (Å²) >= 11 is 0. The second kappa shape index (κ2) is 2.60. The van der Waals surface area contributed by atoms with Crippen LogP contribution in [0.1, 0.15) is 0 Å². The first-order valence-corrected chi connectivity index (χ1v) is 8.61. The van der Waals surface area contributed by atoms with Crippen molar-refractivity contribution in [1.29, 1.82) is 10.3 Å². The SMILES string of the molecule is CP(C)(=N)CP(C)(C)=N. The van der Waals surface area contributed by atoms with Crippen LogP contribution in [-0.4, -0.2) is 32.6 Å². The zero-order valence-corrected chi connectivity index (χ0v) is 8.39. The molecule has 0 aromatic rings. The number of hydrogen-bond donors (Lipinski definition) is 2. The monoisotopic (exact) mass is 166 g/mol. The molecular weight excluding hydrogens is 150 g/mol. The first-order valence-electron chi connectivity index (χ1n) is 2.87. The Morgan fingerprint density at radius 2 is 1.11 bits per heavy atom. The molecule has 0 saturated heterocycles. The normalized spacial score (nSPS) is 13.8. The van der Waals surface area contributed by atoms with Crippen LogP contribution in [0, 0.1) is 10.3 Å². The van der Waals surface area contributed by atoms with E-state index in [1.807, 2.05) is 26.7 Å². The molecule has 0 aliphatic carbocycles. The van der Waals surface area contributed by atoms with E-state index in [9.17, 15) is 0 Å². The predicted octanol–water partition coefficient (Wildman–Crippen LogP) is 3.02. The lowest BCUT2D eigenvalue weighted by atomic mass is 11.8. The fourth-order valence-corrected chi connectivity index (χ4v) is 7.95. The molecule has 0 aliphatic heterocycles. The summed E-state index contributed by atoms with van der Waals surface area (Å²) in [5.74, 6) is 0.847. The molecule has 0 spiro atoms. The lowest BCUT2D eigenvalue weighted by molar-refractivity contribution is 1.53. The molecule has 4 heteroatoms. The van der Waals surface area contributed by atoms with Crippen LogP contribution < -0.4 is 0 Å². The van der Waals surface area contributed by atoms with E-state index in [-0.39, 0.29) is 0 Å². The maximum absolute atomic E-state index is 7.61. The van der Waals surface area contributed by atoms with Gasteiger partial charge in [-0.15, -0.1) is 0 Å². The zero-order chi connectivity index (χ0) is 7.71. The lowest BCUT2D eigenvalue weighted by Crippen LogP contribution is -1.84. The minimum atomic E-state index is -1.43. The van der Waals surface area contributed by atoms with E-state index in [2.05, 4.69) is 0 Å². The van der Waals surface area contributed by atoms with Gasteiger partial charge in [-0.3, -0.25) is 0 Å². The summed E-state index contributed by atoms with van der Waals surface area (Å²) in [7, 11) is -2.85. The molecule has 9 heavy (non-hydrogen) atoms. The maximum atomic E-state index is 7.61. The largest absolute Gasteiger partial charge is 0.319 e.